The standard InChI is InChI=1S/C31H43F3O3/c1-19(26(35)31(32,33)34)23-12-13-24-22-11-10-21-18-28(2,37-27(36)20-8-6-5-7-9-20)16-17-29(21,3)25(22)14-15-30(23,24)4/h5-9,19,21-26,35H,10-18H2,1-4H3/t19-,21+,22-,23+,24-,25-,26?,28-,29-,30+/m0/s1. The van der Waals surface area contributed by atoms with Crippen LogP contribution in [0.2, 0.25) is 0 Å². The minimum Gasteiger partial charge on any atom is -0.456 e. The molecule has 0 amide bonds. The molecule has 0 radical (unpaired) electrons. The van der Waals surface area contributed by atoms with E-state index in [1.54, 1.807) is 19.1 Å². The summed E-state index contributed by atoms with van der Waals surface area (Å²) in [5.74, 6) is 0.920. The maximum Gasteiger partial charge on any atom is 0.414 e. The van der Waals surface area contributed by atoms with Gasteiger partial charge in [0.25, 0.3) is 0 Å². The van der Waals surface area contributed by atoms with Gasteiger partial charge in [-0.2, -0.15) is 13.2 Å². The Morgan fingerprint density at radius 1 is 0.946 bits per heavy atom. The molecule has 1 aromatic carbocycles. The molecule has 6 heteroatoms. The average Bonchev–Trinajstić information content (AvgIpc) is 3.20. The van der Waals surface area contributed by atoms with E-state index in [1.165, 1.54) is 0 Å². The molecule has 1 unspecified atom stereocenters. The van der Waals surface area contributed by atoms with E-state index in [1.807, 2.05) is 18.2 Å². The summed E-state index contributed by atoms with van der Waals surface area (Å²) in [5, 5.41) is 10.1. The van der Waals surface area contributed by atoms with Crippen LogP contribution in [-0.2, 0) is 4.74 Å². The number of benzene rings is 1. The topological polar surface area (TPSA) is 46.5 Å². The molecule has 4 saturated carbocycles. The first-order valence-electron chi connectivity index (χ1n) is 14.3. The second-order valence-corrected chi connectivity index (χ2v) is 13.6. The van der Waals surface area contributed by atoms with Gasteiger partial charge in [-0.1, -0.05) is 39.0 Å². The molecular weight excluding hydrogens is 477 g/mol. The number of hydrogen-bond donors (Lipinski definition) is 1. The number of hydrogen-bond acceptors (Lipinski definition) is 3. The van der Waals surface area contributed by atoms with Crippen molar-refractivity contribution in [2.75, 3.05) is 0 Å². The lowest BCUT2D eigenvalue weighted by Gasteiger charge is -2.62. The van der Waals surface area contributed by atoms with Crippen LogP contribution in [0.25, 0.3) is 0 Å². The van der Waals surface area contributed by atoms with Gasteiger partial charge in [0.05, 0.1) is 5.56 Å². The monoisotopic (exact) mass is 520 g/mol. The zero-order valence-corrected chi connectivity index (χ0v) is 22.7. The smallest absolute Gasteiger partial charge is 0.414 e. The summed E-state index contributed by atoms with van der Waals surface area (Å²) in [4.78, 5) is 12.8. The summed E-state index contributed by atoms with van der Waals surface area (Å²) in [6, 6.07) is 9.20. The zero-order valence-electron chi connectivity index (χ0n) is 22.7. The van der Waals surface area contributed by atoms with E-state index in [2.05, 4.69) is 20.8 Å². The van der Waals surface area contributed by atoms with E-state index in [9.17, 15) is 23.1 Å². The van der Waals surface area contributed by atoms with Gasteiger partial charge < -0.3 is 9.84 Å². The third-order valence-corrected chi connectivity index (χ3v) is 11.8. The van der Waals surface area contributed by atoms with Crippen LogP contribution >= 0.6 is 0 Å². The van der Waals surface area contributed by atoms with Crippen LogP contribution in [0.15, 0.2) is 30.3 Å². The average molecular weight is 521 g/mol. The fourth-order valence-electron chi connectivity index (χ4n) is 9.79. The molecule has 1 N–H and O–H groups in total. The molecule has 4 aliphatic carbocycles. The largest absolute Gasteiger partial charge is 0.456 e. The number of aliphatic hydroxyl groups is 1. The van der Waals surface area contributed by atoms with Crippen molar-refractivity contribution in [2.24, 2.45) is 46.3 Å². The number of rotatable bonds is 4. The molecule has 5 rings (SSSR count). The van der Waals surface area contributed by atoms with Crippen molar-refractivity contribution in [3.05, 3.63) is 35.9 Å². The van der Waals surface area contributed by atoms with Crippen molar-refractivity contribution in [3.8, 4) is 0 Å². The molecule has 1 aromatic rings. The fourth-order valence-corrected chi connectivity index (χ4v) is 9.79. The molecule has 0 aromatic heterocycles. The number of esters is 1. The number of alkyl halides is 3. The first kappa shape index (κ1) is 27.0. The highest BCUT2D eigenvalue weighted by molar-refractivity contribution is 5.89. The molecule has 0 spiro atoms. The Labute approximate surface area is 219 Å². The van der Waals surface area contributed by atoms with Crippen molar-refractivity contribution >= 4 is 5.97 Å². The lowest BCUT2D eigenvalue weighted by molar-refractivity contribution is -0.228. The van der Waals surface area contributed by atoms with Crippen LogP contribution in [0, 0.1) is 46.3 Å². The molecule has 0 bridgehead atoms. The summed E-state index contributed by atoms with van der Waals surface area (Å²) in [5.41, 5.74) is 0.171. The molecule has 0 saturated heterocycles. The van der Waals surface area contributed by atoms with E-state index in [-0.39, 0.29) is 22.7 Å². The van der Waals surface area contributed by atoms with Gasteiger partial charge in [-0.15, -0.1) is 0 Å². The molecule has 0 aliphatic heterocycles. The van der Waals surface area contributed by atoms with Gasteiger partial charge in [0, 0.05) is 0 Å². The predicted octanol–water partition coefficient (Wildman–Crippen LogP) is 7.82. The van der Waals surface area contributed by atoms with Gasteiger partial charge >= 0.3 is 12.1 Å². The van der Waals surface area contributed by atoms with Crippen LogP contribution < -0.4 is 0 Å². The number of ether oxygens (including phenoxy) is 1. The minimum absolute atomic E-state index is 0.0901. The number of carbonyl (C=O) groups excluding carboxylic acids is 1. The van der Waals surface area contributed by atoms with E-state index in [0.717, 1.165) is 57.8 Å². The maximum atomic E-state index is 13.4. The highest BCUT2D eigenvalue weighted by atomic mass is 19.4. The molecule has 37 heavy (non-hydrogen) atoms. The van der Waals surface area contributed by atoms with Gasteiger partial charge in [-0.05, 0) is 123 Å². The third-order valence-electron chi connectivity index (χ3n) is 11.8. The Morgan fingerprint density at radius 3 is 2.30 bits per heavy atom. The molecule has 3 nitrogen and oxygen atoms in total. The summed E-state index contributed by atoms with van der Waals surface area (Å²) >= 11 is 0. The quantitative estimate of drug-likeness (QED) is 0.412. The van der Waals surface area contributed by atoms with Crippen LogP contribution in [0.3, 0.4) is 0 Å². The van der Waals surface area contributed by atoms with E-state index in [4.69, 9.17) is 4.74 Å². The Morgan fingerprint density at radius 2 is 1.62 bits per heavy atom. The summed E-state index contributed by atoms with van der Waals surface area (Å²) in [6.45, 7) is 8.37. The number of carbonyl (C=O) groups is 1. The summed E-state index contributed by atoms with van der Waals surface area (Å²) in [7, 11) is 0. The fraction of sp³-hybridized carbons (Fsp3) is 0.774. The van der Waals surface area contributed by atoms with Crippen LogP contribution in [0.1, 0.15) is 95.8 Å². The van der Waals surface area contributed by atoms with E-state index < -0.39 is 23.8 Å². The van der Waals surface area contributed by atoms with Gasteiger partial charge in [0.15, 0.2) is 6.10 Å². The van der Waals surface area contributed by atoms with Gasteiger partial charge in [0.1, 0.15) is 5.60 Å². The Bertz CT molecular complexity index is 995. The van der Waals surface area contributed by atoms with E-state index in [0.29, 0.717) is 29.2 Å². The van der Waals surface area contributed by atoms with Gasteiger partial charge in [-0.3, -0.25) is 0 Å². The van der Waals surface area contributed by atoms with Crippen molar-refractivity contribution < 1.29 is 27.8 Å². The minimum atomic E-state index is -4.56. The summed E-state index contributed by atoms with van der Waals surface area (Å²) in [6.07, 6.45) is 1.90. The predicted molar refractivity (Wildman–Crippen MR) is 137 cm³/mol. The third kappa shape index (κ3) is 4.53. The van der Waals surface area contributed by atoms with E-state index >= 15 is 0 Å². The number of fused-ring (bicyclic) bond motifs is 5. The van der Waals surface area contributed by atoms with Crippen molar-refractivity contribution in [3.63, 3.8) is 0 Å². The number of aliphatic hydroxyl groups excluding tert-OH is 1. The molecular formula is C31H43F3O3. The number of halogens is 3. The molecule has 206 valence electrons. The van der Waals surface area contributed by atoms with Crippen molar-refractivity contribution in [2.45, 2.75) is 103 Å². The second kappa shape index (κ2) is 9.27. The molecule has 4 fully saturated rings. The van der Waals surface area contributed by atoms with Crippen molar-refractivity contribution in [1.29, 1.82) is 0 Å². The van der Waals surface area contributed by atoms with Crippen LogP contribution in [0.4, 0.5) is 13.2 Å². The van der Waals surface area contributed by atoms with Crippen LogP contribution in [0.5, 0.6) is 0 Å². The molecule has 10 atom stereocenters. The van der Waals surface area contributed by atoms with Gasteiger partial charge in [0.2, 0.25) is 0 Å². The van der Waals surface area contributed by atoms with Gasteiger partial charge in [-0.25, -0.2) is 4.79 Å². The Balaban J connectivity index is 1.30. The maximum absolute atomic E-state index is 13.4. The van der Waals surface area contributed by atoms with Crippen LogP contribution in [-0.4, -0.2) is 29.0 Å². The lowest BCUT2D eigenvalue weighted by Crippen LogP contribution is -2.56. The van der Waals surface area contributed by atoms with Crippen molar-refractivity contribution in [1.82, 2.24) is 0 Å². The lowest BCUT2D eigenvalue weighted by atomic mass is 9.43. The second-order valence-electron chi connectivity index (χ2n) is 13.6. The first-order chi connectivity index (χ1) is 17.3. The Kier molecular flexibility index (Phi) is 6.77. The molecule has 4 aliphatic rings. The summed E-state index contributed by atoms with van der Waals surface area (Å²) < 4.78 is 46.2. The highest BCUT2D eigenvalue weighted by Gasteiger charge is 2.63. The highest BCUT2D eigenvalue weighted by Crippen LogP contribution is 2.69. The normalized spacial score (nSPS) is 43.2. The molecule has 0 heterocycles. The zero-order chi connectivity index (χ0) is 26.8. The Hall–Kier alpha value is -1.56. The SMILES string of the molecule is C[C@H](C(O)C(F)(F)F)[C@H]1CC[C@H]2[C@@H]3CC[C@@H]4C[C@@](C)(OC(=O)c5ccccc5)CC[C@]4(C)[C@H]3CC[C@]12C. The first-order valence-corrected chi connectivity index (χ1v) is 14.3.